The number of pyridine rings is 1. The van der Waals surface area contributed by atoms with Crippen molar-refractivity contribution in [1.82, 2.24) is 25.3 Å². The van der Waals surface area contributed by atoms with Crippen LogP contribution in [0.4, 0.5) is 10.2 Å². The molecule has 0 radical (unpaired) electrons. The number of aromatic nitrogens is 4. The largest absolute Gasteiger partial charge is 0.478 e. The van der Waals surface area contributed by atoms with Crippen LogP contribution in [0.25, 0.3) is 22.4 Å². The van der Waals surface area contributed by atoms with Crippen LogP contribution in [-0.4, -0.2) is 61.2 Å². The molecule has 1 aliphatic carbocycles. The van der Waals surface area contributed by atoms with Gasteiger partial charge in [-0.2, -0.15) is 0 Å². The molecular weight excluding hydrogens is 503 g/mol. The molecule has 0 aromatic carbocycles. The second kappa shape index (κ2) is 11.2. The maximum atomic E-state index is 14.9. The molecule has 0 fully saturated rings. The van der Waals surface area contributed by atoms with Crippen LogP contribution in [0.2, 0.25) is 5.02 Å². The third kappa shape index (κ3) is 5.89. The van der Waals surface area contributed by atoms with Gasteiger partial charge in [0.15, 0.2) is 17.5 Å². The third-order valence-electron chi connectivity index (χ3n) is 6.30. The Morgan fingerprint density at radius 2 is 2.05 bits per heavy atom. The first-order chi connectivity index (χ1) is 17.7. The van der Waals surface area contributed by atoms with E-state index in [1.807, 2.05) is 13.8 Å². The van der Waals surface area contributed by atoms with Crippen LogP contribution >= 0.6 is 11.6 Å². The number of carbonyl (C=O) groups excluding carboxylic acids is 1. The maximum Gasteiger partial charge on any atom is 0.331 e. The molecule has 3 aromatic heterocycles. The Morgan fingerprint density at radius 1 is 1.30 bits per heavy atom. The average molecular weight is 531 g/mol. The molecule has 1 aliphatic rings. The number of ether oxygens (including phenoxy) is 1. The Bertz CT molecular complexity index is 1340. The Hall–Kier alpha value is -3.57. The molecular formula is C25H28ClFN6O4. The molecule has 12 heteroatoms. The summed E-state index contributed by atoms with van der Waals surface area (Å²) < 4.78 is 21.1. The zero-order valence-corrected chi connectivity index (χ0v) is 21.3. The fraction of sp³-hybridized carbons (Fsp3) is 0.400. The van der Waals surface area contributed by atoms with Gasteiger partial charge in [-0.1, -0.05) is 25.4 Å². The lowest BCUT2D eigenvalue weighted by Gasteiger charge is -2.38. The molecule has 4 rings (SSSR count). The van der Waals surface area contributed by atoms with Gasteiger partial charge < -0.3 is 25.5 Å². The van der Waals surface area contributed by atoms with E-state index < -0.39 is 30.0 Å². The Morgan fingerprint density at radius 3 is 2.73 bits per heavy atom. The molecule has 0 bridgehead atoms. The predicted molar refractivity (Wildman–Crippen MR) is 137 cm³/mol. The number of carbonyl (C=O) groups is 2. The molecule has 3 heterocycles. The van der Waals surface area contributed by atoms with Crippen molar-refractivity contribution >= 4 is 40.3 Å². The van der Waals surface area contributed by atoms with Crippen LogP contribution in [0.15, 0.2) is 36.3 Å². The van der Waals surface area contributed by atoms with Crippen molar-refractivity contribution in [2.75, 3.05) is 5.32 Å². The van der Waals surface area contributed by atoms with Gasteiger partial charge in [0.25, 0.3) is 0 Å². The van der Waals surface area contributed by atoms with Crippen molar-refractivity contribution in [1.29, 1.82) is 0 Å². The summed E-state index contributed by atoms with van der Waals surface area (Å²) in [5, 5.41) is 16.7. The minimum Gasteiger partial charge on any atom is -0.478 e. The number of carboxylic acids is 1. The number of halogens is 2. The van der Waals surface area contributed by atoms with Gasteiger partial charge in [0.2, 0.25) is 5.91 Å². The molecule has 0 aliphatic heterocycles. The lowest BCUT2D eigenvalue weighted by molar-refractivity contribution is -0.133. The fourth-order valence-corrected chi connectivity index (χ4v) is 4.61. The number of hydrogen-bond acceptors (Lipinski definition) is 7. The predicted octanol–water partition coefficient (Wildman–Crippen LogP) is 4.09. The van der Waals surface area contributed by atoms with E-state index in [0.29, 0.717) is 21.6 Å². The van der Waals surface area contributed by atoms with E-state index >= 15 is 0 Å². The van der Waals surface area contributed by atoms with Gasteiger partial charge in [-0.05, 0) is 25.0 Å². The Labute approximate surface area is 217 Å². The van der Waals surface area contributed by atoms with Crippen LogP contribution in [-0.2, 0) is 14.3 Å². The molecule has 0 saturated heterocycles. The second-order valence-corrected chi connectivity index (χ2v) is 9.29. The number of aliphatic carboxylic acids is 1. The number of anilines is 1. The van der Waals surface area contributed by atoms with Crippen LogP contribution in [0.5, 0.6) is 0 Å². The van der Waals surface area contributed by atoms with Crippen LogP contribution in [0.1, 0.15) is 40.0 Å². The lowest BCUT2D eigenvalue weighted by Crippen LogP contribution is -2.56. The zero-order valence-electron chi connectivity index (χ0n) is 20.6. The number of carboxylic acid groups (broad SMARTS) is 1. The number of nitrogens with zero attached hydrogens (tertiary/aromatic N) is 3. The molecule has 3 aromatic rings. The van der Waals surface area contributed by atoms with Crippen LogP contribution < -0.4 is 10.6 Å². The first-order valence-electron chi connectivity index (χ1n) is 12.0. The van der Waals surface area contributed by atoms with Gasteiger partial charge in [0, 0.05) is 42.3 Å². The van der Waals surface area contributed by atoms with Crippen molar-refractivity contribution in [3.8, 4) is 11.4 Å². The SMILES string of the molecule is CCC(CC)O[C@@H]1CC(C(=O)O)=CC(Nc2nc(-c3c[nH]c4ncc(Cl)cc34)ncc2F)C1NC(C)=O. The van der Waals surface area contributed by atoms with E-state index in [2.05, 4.69) is 30.6 Å². The molecule has 2 unspecified atom stereocenters. The first-order valence-corrected chi connectivity index (χ1v) is 12.4. The number of aromatic amines is 1. The van der Waals surface area contributed by atoms with Crippen molar-refractivity contribution < 1.29 is 23.8 Å². The summed E-state index contributed by atoms with van der Waals surface area (Å²) in [6.07, 6.45) is 6.40. The summed E-state index contributed by atoms with van der Waals surface area (Å²) in [5.41, 5.74) is 1.23. The van der Waals surface area contributed by atoms with Gasteiger partial charge in [0.05, 0.1) is 35.5 Å². The molecule has 4 N–H and O–H groups in total. The van der Waals surface area contributed by atoms with E-state index in [9.17, 15) is 19.1 Å². The third-order valence-corrected chi connectivity index (χ3v) is 6.50. The van der Waals surface area contributed by atoms with Crippen LogP contribution in [0.3, 0.4) is 0 Å². The molecule has 10 nitrogen and oxygen atoms in total. The molecule has 1 amide bonds. The number of nitrogens with one attached hydrogen (secondary N) is 3. The van der Waals surface area contributed by atoms with Crippen molar-refractivity contribution in [2.24, 2.45) is 0 Å². The summed E-state index contributed by atoms with van der Waals surface area (Å²) >= 11 is 6.10. The maximum absolute atomic E-state index is 14.9. The zero-order chi connectivity index (χ0) is 26.7. The van der Waals surface area contributed by atoms with Gasteiger partial charge in [-0.25, -0.2) is 24.1 Å². The van der Waals surface area contributed by atoms with E-state index in [1.165, 1.54) is 19.2 Å². The number of amides is 1. The van der Waals surface area contributed by atoms with E-state index in [1.54, 1.807) is 12.3 Å². The topological polar surface area (TPSA) is 142 Å². The molecule has 196 valence electrons. The molecule has 0 saturated carbocycles. The minimum absolute atomic E-state index is 0.0928. The fourth-order valence-electron chi connectivity index (χ4n) is 4.45. The summed E-state index contributed by atoms with van der Waals surface area (Å²) in [7, 11) is 0. The van der Waals surface area contributed by atoms with Gasteiger partial charge in [-0.3, -0.25) is 4.79 Å². The minimum atomic E-state index is -1.11. The van der Waals surface area contributed by atoms with E-state index in [4.69, 9.17) is 16.3 Å². The number of hydrogen-bond donors (Lipinski definition) is 4. The average Bonchev–Trinajstić information content (AvgIpc) is 3.28. The lowest BCUT2D eigenvalue weighted by atomic mass is 9.87. The summed E-state index contributed by atoms with van der Waals surface area (Å²) in [4.78, 5) is 39.7. The standard InChI is InChI=1S/C25H28ClFN6O4/c1-4-15(5-2)37-20-7-13(25(35)36)6-19(21(20)31-12(3)34)32-24-18(27)11-30-23(33-24)17-10-29-22-16(17)8-14(26)9-28-22/h6,8-11,15,19-21H,4-5,7H2,1-3H3,(H,28,29)(H,31,34)(H,35,36)(H,30,32,33)/t19?,20-,21?/m1/s1. The summed E-state index contributed by atoms with van der Waals surface area (Å²) in [5.74, 6) is -2.13. The summed E-state index contributed by atoms with van der Waals surface area (Å²) in [6.45, 7) is 5.31. The normalized spacial score (nSPS) is 19.6. The molecule has 0 spiro atoms. The second-order valence-electron chi connectivity index (χ2n) is 8.85. The quantitative estimate of drug-likeness (QED) is 0.324. The highest BCUT2D eigenvalue weighted by molar-refractivity contribution is 6.31. The molecule has 3 atom stereocenters. The van der Waals surface area contributed by atoms with Gasteiger partial charge in [0.1, 0.15) is 5.65 Å². The first kappa shape index (κ1) is 26.5. The van der Waals surface area contributed by atoms with Crippen molar-refractivity contribution in [2.45, 2.75) is 64.3 Å². The highest BCUT2D eigenvalue weighted by Crippen LogP contribution is 2.30. The highest BCUT2D eigenvalue weighted by Gasteiger charge is 2.38. The van der Waals surface area contributed by atoms with E-state index in [0.717, 1.165) is 19.0 Å². The van der Waals surface area contributed by atoms with Gasteiger partial charge in [-0.15, -0.1) is 0 Å². The van der Waals surface area contributed by atoms with Crippen LogP contribution in [0, 0.1) is 5.82 Å². The smallest absolute Gasteiger partial charge is 0.331 e. The number of fused-ring (bicyclic) bond motifs is 1. The Balaban J connectivity index is 1.72. The summed E-state index contributed by atoms with van der Waals surface area (Å²) in [6, 6.07) is 0.208. The highest BCUT2D eigenvalue weighted by atomic mass is 35.5. The van der Waals surface area contributed by atoms with E-state index in [-0.39, 0.29) is 35.6 Å². The number of H-pyrrole nitrogens is 1. The Kier molecular flexibility index (Phi) is 8.03. The van der Waals surface area contributed by atoms with Crippen molar-refractivity contribution in [3.63, 3.8) is 0 Å². The van der Waals surface area contributed by atoms with Crippen molar-refractivity contribution in [3.05, 3.63) is 47.1 Å². The van der Waals surface area contributed by atoms with Gasteiger partial charge >= 0.3 is 5.97 Å². The monoisotopic (exact) mass is 530 g/mol. The number of rotatable bonds is 9. The molecule has 37 heavy (non-hydrogen) atoms.